The third-order valence-electron chi connectivity index (χ3n) is 2.31. The first-order valence-electron chi connectivity index (χ1n) is 6.49. The molecule has 0 aromatic carbocycles. The lowest BCUT2D eigenvalue weighted by molar-refractivity contribution is -0.140. The lowest BCUT2D eigenvalue weighted by Crippen LogP contribution is -2.38. The first-order chi connectivity index (χ1) is 8.99. The van der Waals surface area contributed by atoms with Gasteiger partial charge in [0.2, 0.25) is 0 Å². The van der Waals surface area contributed by atoms with Crippen LogP contribution >= 0.6 is 7.75 Å². The lowest BCUT2D eigenvalue weighted by Gasteiger charge is -2.22. The zero-order valence-electron chi connectivity index (χ0n) is 11.5. The van der Waals surface area contributed by atoms with Gasteiger partial charge in [-0.2, -0.15) is 0 Å². The van der Waals surface area contributed by atoms with E-state index < -0.39 is 26.4 Å². The summed E-state index contributed by atoms with van der Waals surface area (Å²) in [6.07, 6.45) is 3.11. The minimum absolute atomic E-state index is 0.213. The zero-order valence-corrected chi connectivity index (χ0v) is 12.4. The number of unbranched alkanes of at least 4 members (excludes halogenated alkanes) is 2. The number of hydrogen-bond donors (Lipinski definition) is 3. The molecule has 0 aliphatic rings. The van der Waals surface area contributed by atoms with E-state index in [9.17, 15) is 9.36 Å². The van der Waals surface area contributed by atoms with E-state index in [4.69, 9.17) is 19.3 Å². The van der Waals surface area contributed by atoms with Crippen molar-refractivity contribution in [3.63, 3.8) is 0 Å². The molecule has 0 spiro atoms. The van der Waals surface area contributed by atoms with Gasteiger partial charge in [0, 0.05) is 0 Å². The van der Waals surface area contributed by atoms with Crippen LogP contribution in [0.15, 0.2) is 0 Å². The molecule has 0 aliphatic carbocycles. The molecule has 0 radical (unpaired) electrons. The second-order valence-electron chi connectivity index (χ2n) is 4.07. The van der Waals surface area contributed by atoms with Crippen molar-refractivity contribution in [1.29, 1.82) is 0 Å². The van der Waals surface area contributed by atoms with Crippen LogP contribution in [0, 0.1) is 0 Å². The summed E-state index contributed by atoms with van der Waals surface area (Å²) in [6.45, 7) is 3.64. The molecule has 0 saturated carbocycles. The number of rotatable bonds is 12. The fraction of sp³-hybridized carbons (Fsp3) is 0.909. The monoisotopic (exact) mass is 297 g/mol. The maximum Gasteiger partial charge on any atom is 0.406 e. The van der Waals surface area contributed by atoms with Crippen LogP contribution in [0.25, 0.3) is 0 Å². The summed E-state index contributed by atoms with van der Waals surface area (Å²) >= 11 is 0. The Hall–Kier alpha value is -0.460. The van der Waals surface area contributed by atoms with E-state index >= 15 is 0 Å². The highest BCUT2D eigenvalue weighted by molar-refractivity contribution is 7.51. The summed E-state index contributed by atoms with van der Waals surface area (Å²) in [7, 11) is -3.70. The van der Waals surface area contributed by atoms with Gasteiger partial charge in [0.15, 0.2) is 0 Å². The molecule has 0 saturated heterocycles. The Kier molecular flexibility index (Phi) is 10.1. The number of aliphatic hydroxyl groups excluding tert-OH is 1. The smallest absolute Gasteiger partial charge is 0.406 e. The van der Waals surface area contributed by atoms with E-state index in [2.05, 4.69) is 5.09 Å². The lowest BCUT2D eigenvalue weighted by atomic mass is 10.3. The van der Waals surface area contributed by atoms with Crippen molar-refractivity contribution >= 4 is 13.7 Å². The van der Waals surface area contributed by atoms with E-state index in [0.717, 1.165) is 12.8 Å². The van der Waals surface area contributed by atoms with Crippen molar-refractivity contribution in [2.24, 2.45) is 0 Å². The molecule has 0 heterocycles. The van der Waals surface area contributed by atoms with Crippen molar-refractivity contribution in [2.45, 2.75) is 45.6 Å². The van der Waals surface area contributed by atoms with Gasteiger partial charge in [-0.25, -0.2) is 9.65 Å². The summed E-state index contributed by atoms with van der Waals surface area (Å²) in [5.74, 6) is -1.30. The first-order valence-corrected chi connectivity index (χ1v) is 8.04. The van der Waals surface area contributed by atoms with Gasteiger partial charge in [-0.15, -0.1) is 0 Å². The Labute approximate surface area is 113 Å². The van der Waals surface area contributed by atoms with Gasteiger partial charge in [0.25, 0.3) is 0 Å². The molecule has 0 amide bonds. The average Bonchev–Trinajstić information content (AvgIpc) is 2.36. The van der Waals surface area contributed by atoms with Crippen LogP contribution in [0.1, 0.15) is 39.5 Å². The van der Waals surface area contributed by atoms with Crippen LogP contribution in [-0.2, 0) is 18.4 Å². The number of hydrogen-bond acceptors (Lipinski definition) is 5. The summed E-state index contributed by atoms with van der Waals surface area (Å²) in [5, 5.41) is 20.0. The van der Waals surface area contributed by atoms with Gasteiger partial charge in [-0.1, -0.05) is 26.7 Å². The summed E-state index contributed by atoms with van der Waals surface area (Å²) in [5.41, 5.74) is 0. The molecule has 114 valence electrons. The number of carbonyl (C=O) groups is 1. The van der Waals surface area contributed by atoms with Crippen LogP contribution in [-0.4, -0.2) is 42.0 Å². The molecule has 0 aromatic heterocycles. The molecule has 0 aromatic rings. The predicted molar refractivity (Wildman–Crippen MR) is 71.0 cm³/mol. The van der Waals surface area contributed by atoms with E-state index in [-0.39, 0.29) is 13.2 Å². The Morgan fingerprint density at radius 3 is 2.00 bits per heavy atom. The van der Waals surface area contributed by atoms with E-state index in [0.29, 0.717) is 12.8 Å². The van der Waals surface area contributed by atoms with E-state index in [1.807, 2.05) is 13.8 Å². The molecule has 7 nitrogen and oxygen atoms in total. The highest BCUT2D eigenvalue weighted by Crippen LogP contribution is 2.44. The third-order valence-corrected chi connectivity index (χ3v) is 3.99. The van der Waals surface area contributed by atoms with Gasteiger partial charge >= 0.3 is 13.7 Å². The van der Waals surface area contributed by atoms with E-state index in [1.54, 1.807) is 0 Å². The Balaban J connectivity index is 4.53. The zero-order chi connectivity index (χ0) is 14.7. The first kappa shape index (κ1) is 18.5. The fourth-order valence-electron chi connectivity index (χ4n) is 1.13. The fourth-order valence-corrected chi connectivity index (χ4v) is 2.67. The van der Waals surface area contributed by atoms with Gasteiger partial charge in [-0.3, -0.25) is 13.8 Å². The molecule has 1 atom stereocenters. The molecule has 8 heteroatoms. The van der Waals surface area contributed by atoms with Crippen LogP contribution in [0.4, 0.5) is 0 Å². The second-order valence-corrected chi connectivity index (χ2v) is 5.84. The standard InChI is InChI=1S/C11H24NO6P/c1-3-5-7-17-19(16,18-8-6-4-2)12-10(9-13)11(14)15/h10,13H,3-9H2,1-2H3,(H,12,16)(H,14,15)/t10-/m0/s1. The van der Waals surface area contributed by atoms with Gasteiger partial charge in [-0.05, 0) is 12.8 Å². The van der Waals surface area contributed by atoms with Gasteiger partial charge < -0.3 is 10.2 Å². The molecule has 0 rings (SSSR count). The summed E-state index contributed by atoms with van der Waals surface area (Å²) < 4.78 is 22.6. The molecule has 0 fully saturated rings. The van der Waals surface area contributed by atoms with Gasteiger partial charge in [0.05, 0.1) is 19.8 Å². The normalized spacial score (nSPS) is 13.4. The predicted octanol–water partition coefficient (Wildman–Crippen LogP) is 1.76. The van der Waals surface area contributed by atoms with Crippen molar-refractivity contribution in [1.82, 2.24) is 5.09 Å². The number of nitrogens with one attached hydrogen (secondary N) is 1. The van der Waals surface area contributed by atoms with Crippen molar-refractivity contribution in [3.05, 3.63) is 0 Å². The quantitative estimate of drug-likeness (QED) is 0.372. The number of aliphatic hydroxyl groups is 1. The molecular formula is C11H24NO6P. The van der Waals surface area contributed by atoms with Crippen LogP contribution in [0.5, 0.6) is 0 Å². The molecule has 3 N–H and O–H groups in total. The summed E-state index contributed by atoms with van der Waals surface area (Å²) in [6, 6.07) is -1.37. The highest BCUT2D eigenvalue weighted by atomic mass is 31.2. The molecule has 19 heavy (non-hydrogen) atoms. The highest BCUT2D eigenvalue weighted by Gasteiger charge is 2.31. The average molecular weight is 297 g/mol. The van der Waals surface area contributed by atoms with Crippen molar-refractivity contribution in [3.8, 4) is 0 Å². The number of carboxylic acid groups (broad SMARTS) is 1. The van der Waals surface area contributed by atoms with Crippen molar-refractivity contribution in [2.75, 3.05) is 19.8 Å². The molecule has 0 unspecified atom stereocenters. The minimum Gasteiger partial charge on any atom is -0.480 e. The van der Waals surface area contributed by atoms with Gasteiger partial charge in [0.1, 0.15) is 6.04 Å². The number of aliphatic carboxylic acids is 1. The molecule has 0 aliphatic heterocycles. The largest absolute Gasteiger partial charge is 0.480 e. The Bertz CT molecular complexity index is 285. The van der Waals surface area contributed by atoms with Crippen LogP contribution < -0.4 is 5.09 Å². The maximum atomic E-state index is 12.3. The Morgan fingerprint density at radius 2 is 1.68 bits per heavy atom. The maximum absolute atomic E-state index is 12.3. The summed E-state index contributed by atoms with van der Waals surface area (Å²) in [4.78, 5) is 10.8. The molecule has 0 bridgehead atoms. The van der Waals surface area contributed by atoms with E-state index in [1.165, 1.54) is 0 Å². The Morgan fingerprint density at radius 1 is 1.21 bits per heavy atom. The second kappa shape index (κ2) is 10.3. The minimum atomic E-state index is -3.70. The van der Waals surface area contributed by atoms with Crippen molar-refractivity contribution < 1.29 is 28.6 Å². The molecular weight excluding hydrogens is 273 g/mol. The SMILES string of the molecule is CCCCOP(=O)(N[C@@H](CO)C(=O)O)OCCCC. The number of carboxylic acids is 1. The third kappa shape index (κ3) is 8.34. The van der Waals surface area contributed by atoms with Crippen LogP contribution in [0.2, 0.25) is 0 Å². The van der Waals surface area contributed by atoms with Crippen LogP contribution in [0.3, 0.4) is 0 Å². The topological polar surface area (TPSA) is 105 Å².